The molecule has 0 aliphatic rings. The molecule has 0 unspecified atom stereocenters. The van der Waals surface area contributed by atoms with Crippen molar-refractivity contribution in [3.05, 3.63) is 65.7 Å². The van der Waals surface area contributed by atoms with Crippen LogP contribution >= 0.6 is 0 Å². The molecule has 0 spiro atoms. The van der Waals surface area contributed by atoms with Gasteiger partial charge in [0.2, 0.25) is 0 Å². The number of amides is 1. The van der Waals surface area contributed by atoms with E-state index in [1.807, 2.05) is 30.3 Å². The summed E-state index contributed by atoms with van der Waals surface area (Å²) in [6.07, 6.45) is 0.356. The number of hydrogen-bond donors (Lipinski definition) is 1. The molecule has 0 saturated carbocycles. The number of ketones is 2. The van der Waals surface area contributed by atoms with E-state index in [4.69, 9.17) is 9.47 Å². The Morgan fingerprint density at radius 2 is 1.55 bits per heavy atom. The van der Waals surface area contributed by atoms with Gasteiger partial charge in [0.15, 0.2) is 24.8 Å². The Kier molecular flexibility index (Phi) is 8.09. The van der Waals surface area contributed by atoms with Crippen LogP contribution in [0.1, 0.15) is 29.8 Å². The fourth-order valence-corrected chi connectivity index (χ4v) is 2.50. The zero-order chi connectivity index (χ0) is 21.2. The molecule has 29 heavy (non-hydrogen) atoms. The van der Waals surface area contributed by atoms with E-state index in [1.54, 1.807) is 24.3 Å². The van der Waals surface area contributed by atoms with Gasteiger partial charge >= 0.3 is 5.97 Å². The molecule has 0 fully saturated rings. The summed E-state index contributed by atoms with van der Waals surface area (Å²) < 4.78 is 10.1. The molecule has 2 aromatic carbocycles. The van der Waals surface area contributed by atoms with Gasteiger partial charge in [-0.25, -0.2) is 4.79 Å². The highest BCUT2D eigenvalue weighted by Gasteiger charge is 2.18. The van der Waals surface area contributed by atoms with Crippen molar-refractivity contribution in [1.29, 1.82) is 0 Å². The standard InChI is InChI=1S/C22H23NO6/c1-15(24)18-8-10-19(11-9-18)28-14-22(27)29-13-21(26)23-20(16(2)25)12-17-6-4-3-5-7-17/h3-11,20H,12-14H2,1-2H3,(H,23,26)/t20-/m0/s1. The lowest BCUT2D eigenvalue weighted by atomic mass is 10.0. The van der Waals surface area contributed by atoms with Gasteiger partial charge in [-0.05, 0) is 50.1 Å². The van der Waals surface area contributed by atoms with Crippen LogP contribution in [0, 0.1) is 0 Å². The van der Waals surface area contributed by atoms with Crippen LogP contribution in [-0.4, -0.2) is 42.7 Å². The molecule has 7 nitrogen and oxygen atoms in total. The Hall–Kier alpha value is -3.48. The van der Waals surface area contributed by atoms with Crippen LogP contribution in [-0.2, 0) is 25.5 Å². The lowest BCUT2D eigenvalue weighted by molar-refractivity contribution is -0.150. The Labute approximate surface area is 169 Å². The molecule has 2 rings (SSSR count). The number of carbonyl (C=O) groups excluding carboxylic acids is 4. The maximum absolute atomic E-state index is 12.0. The molecule has 1 atom stereocenters. The van der Waals surface area contributed by atoms with Crippen LogP contribution in [0.15, 0.2) is 54.6 Å². The smallest absolute Gasteiger partial charge is 0.344 e. The van der Waals surface area contributed by atoms with E-state index in [0.717, 1.165) is 5.56 Å². The molecule has 1 N–H and O–H groups in total. The molecular weight excluding hydrogens is 374 g/mol. The Balaban J connectivity index is 1.75. The van der Waals surface area contributed by atoms with Crippen molar-refractivity contribution < 1.29 is 28.7 Å². The summed E-state index contributed by atoms with van der Waals surface area (Å²) >= 11 is 0. The Bertz CT molecular complexity index is 861. The van der Waals surface area contributed by atoms with Gasteiger partial charge in [-0.2, -0.15) is 0 Å². The molecule has 0 aliphatic heterocycles. The molecule has 7 heteroatoms. The van der Waals surface area contributed by atoms with Crippen molar-refractivity contribution >= 4 is 23.4 Å². The third-order valence-electron chi connectivity index (χ3n) is 4.09. The van der Waals surface area contributed by atoms with Gasteiger partial charge in [-0.1, -0.05) is 30.3 Å². The third kappa shape index (κ3) is 7.57. The first-order valence-corrected chi connectivity index (χ1v) is 9.08. The number of carbonyl (C=O) groups is 4. The lowest BCUT2D eigenvalue weighted by Crippen LogP contribution is -2.43. The quantitative estimate of drug-likeness (QED) is 0.487. The predicted octanol–water partition coefficient (Wildman–Crippen LogP) is 2.13. The lowest BCUT2D eigenvalue weighted by Gasteiger charge is -2.16. The summed E-state index contributed by atoms with van der Waals surface area (Å²) in [5.74, 6) is -1.15. The highest BCUT2D eigenvalue weighted by atomic mass is 16.6. The highest BCUT2D eigenvalue weighted by Crippen LogP contribution is 2.12. The van der Waals surface area contributed by atoms with E-state index in [0.29, 0.717) is 17.7 Å². The second kappa shape index (κ2) is 10.8. The minimum Gasteiger partial charge on any atom is -0.482 e. The van der Waals surface area contributed by atoms with E-state index < -0.39 is 24.5 Å². The molecule has 0 radical (unpaired) electrons. The van der Waals surface area contributed by atoms with Crippen LogP contribution in [0.5, 0.6) is 5.75 Å². The topological polar surface area (TPSA) is 98.8 Å². The number of ether oxygens (including phenoxy) is 2. The van der Waals surface area contributed by atoms with Crippen molar-refractivity contribution in [3.8, 4) is 5.75 Å². The first-order chi connectivity index (χ1) is 13.8. The monoisotopic (exact) mass is 397 g/mol. The molecular formula is C22H23NO6. The molecule has 2 aromatic rings. The van der Waals surface area contributed by atoms with Crippen LogP contribution in [0.25, 0.3) is 0 Å². The van der Waals surface area contributed by atoms with Crippen molar-refractivity contribution in [2.45, 2.75) is 26.3 Å². The second-order valence-electron chi connectivity index (χ2n) is 6.45. The molecule has 0 aliphatic carbocycles. The molecule has 0 aromatic heterocycles. The second-order valence-corrected chi connectivity index (χ2v) is 6.45. The number of esters is 1. The number of Topliss-reactive ketones (excluding diaryl/α,β-unsaturated/α-hetero) is 2. The fraction of sp³-hybridized carbons (Fsp3) is 0.273. The SMILES string of the molecule is CC(=O)c1ccc(OCC(=O)OCC(=O)N[C@@H](Cc2ccccc2)C(C)=O)cc1. The van der Waals surface area contributed by atoms with E-state index in [1.165, 1.54) is 13.8 Å². The maximum Gasteiger partial charge on any atom is 0.344 e. The number of rotatable bonds is 10. The number of nitrogens with one attached hydrogen (secondary N) is 1. The van der Waals surface area contributed by atoms with Crippen molar-refractivity contribution in [3.63, 3.8) is 0 Å². The first kappa shape index (κ1) is 21.8. The summed E-state index contributed by atoms with van der Waals surface area (Å²) in [4.78, 5) is 46.8. The van der Waals surface area contributed by atoms with Crippen molar-refractivity contribution in [2.24, 2.45) is 0 Å². The van der Waals surface area contributed by atoms with Crippen LogP contribution in [0.2, 0.25) is 0 Å². The zero-order valence-electron chi connectivity index (χ0n) is 16.3. The minimum atomic E-state index is -0.724. The Morgan fingerprint density at radius 1 is 0.897 bits per heavy atom. The van der Waals surface area contributed by atoms with Crippen molar-refractivity contribution in [2.75, 3.05) is 13.2 Å². The summed E-state index contributed by atoms with van der Waals surface area (Å²) in [6, 6.07) is 14.9. The number of hydrogen-bond acceptors (Lipinski definition) is 6. The van der Waals surface area contributed by atoms with E-state index >= 15 is 0 Å². The molecule has 0 heterocycles. The van der Waals surface area contributed by atoms with Gasteiger partial charge in [-0.15, -0.1) is 0 Å². The minimum absolute atomic E-state index is 0.0712. The summed E-state index contributed by atoms with van der Waals surface area (Å²) in [6.45, 7) is 1.96. The predicted molar refractivity (Wildman–Crippen MR) is 106 cm³/mol. The van der Waals surface area contributed by atoms with E-state index in [9.17, 15) is 19.2 Å². The molecule has 1 amide bonds. The average molecular weight is 397 g/mol. The fourth-order valence-electron chi connectivity index (χ4n) is 2.50. The van der Waals surface area contributed by atoms with Crippen LogP contribution in [0.3, 0.4) is 0 Å². The zero-order valence-corrected chi connectivity index (χ0v) is 16.3. The van der Waals surface area contributed by atoms with Gasteiger partial charge < -0.3 is 14.8 Å². The van der Waals surface area contributed by atoms with Gasteiger partial charge in [0.25, 0.3) is 5.91 Å². The largest absolute Gasteiger partial charge is 0.482 e. The third-order valence-corrected chi connectivity index (χ3v) is 4.09. The summed E-state index contributed by atoms with van der Waals surface area (Å²) in [5, 5.41) is 2.57. The first-order valence-electron chi connectivity index (χ1n) is 9.08. The summed E-state index contributed by atoms with van der Waals surface area (Å²) in [7, 11) is 0. The van der Waals surface area contributed by atoms with Crippen LogP contribution < -0.4 is 10.1 Å². The molecule has 0 bridgehead atoms. The molecule has 0 saturated heterocycles. The highest BCUT2D eigenvalue weighted by molar-refractivity contribution is 5.94. The van der Waals surface area contributed by atoms with Gasteiger partial charge in [-0.3, -0.25) is 14.4 Å². The van der Waals surface area contributed by atoms with E-state index in [2.05, 4.69) is 5.32 Å². The Morgan fingerprint density at radius 3 is 2.14 bits per heavy atom. The van der Waals surface area contributed by atoms with Gasteiger partial charge in [0, 0.05) is 5.56 Å². The van der Waals surface area contributed by atoms with Gasteiger partial charge in [0.05, 0.1) is 6.04 Å². The average Bonchev–Trinajstić information content (AvgIpc) is 2.71. The van der Waals surface area contributed by atoms with E-state index in [-0.39, 0.29) is 18.2 Å². The number of benzene rings is 2. The molecule has 152 valence electrons. The summed E-state index contributed by atoms with van der Waals surface area (Å²) in [5.41, 5.74) is 1.45. The van der Waals surface area contributed by atoms with Crippen LogP contribution in [0.4, 0.5) is 0 Å². The maximum atomic E-state index is 12.0. The normalized spacial score (nSPS) is 11.2. The van der Waals surface area contributed by atoms with Crippen molar-refractivity contribution in [1.82, 2.24) is 5.32 Å². The van der Waals surface area contributed by atoms with Gasteiger partial charge in [0.1, 0.15) is 5.75 Å².